The first-order valence-electron chi connectivity index (χ1n) is 6.24. The Morgan fingerprint density at radius 3 is 2.90 bits per heavy atom. The van der Waals surface area contributed by atoms with Crippen LogP contribution >= 0.6 is 11.3 Å². The molecule has 3 aromatic rings. The van der Waals surface area contributed by atoms with E-state index in [1.165, 1.54) is 0 Å². The summed E-state index contributed by atoms with van der Waals surface area (Å²) >= 11 is 1.55. The minimum Gasteiger partial charge on any atom is -0.486 e. The molecule has 21 heavy (non-hydrogen) atoms. The van der Waals surface area contributed by atoms with Crippen molar-refractivity contribution in [1.82, 2.24) is 4.98 Å². The van der Waals surface area contributed by atoms with E-state index in [0.29, 0.717) is 22.9 Å². The van der Waals surface area contributed by atoms with Crippen molar-refractivity contribution in [1.29, 1.82) is 0 Å². The zero-order valence-electron chi connectivity index (χ0n) is 11.0. The molecule has 106 valence electrons. The molecule has 0 saturated carbocycles. The number of rotatable bonds is 5. The van der Waals surface area contributed by atoms with Gasteiger partial charge in [0.1, 0.15) is 24.3 Å². The topological polar surface area (TPSA) is 78.4 Å². The fraction of sp³-hybridized carbons (Fsp3) is 0.0667. The summed E-state index contributed by atoms with van der Waals surface area (Å²) in [5, 5.41) is 1.96. The molecule has 0 saturated heterocycles. The number of primary amides is 1. The Morgan fingerprint density at radius 1 is 1.29 bits per heavy atom. The number of benzene rings is 1. The lowest BCUT2D eigenvalue weighted by Gasteiger charge is -2.07. The molecule has 3 rings (SSSR count). The predicted molar refractivity (Wildman–Crippen MR) is 79.1 cm³/mol. The van der Waals surface area contributed by atoms with Crippen LogP contribution in [0.25, 0.3) is 10.8 Å². The average molecular weight is 300 g/mol. The van der Waals surface area contributed by atoms with Gasteiger partial charge in [-0.1, -0.05) is 18.2 Å². The van der Waals surface area contributed by atoms with Gasteiger partial charge >= 0.3 is 0 Å². The molecule has 5 nitrogen and oxygen atoms in total. The van der Waals surface area contributed by atoms with Gasteiger partial charge in [-0.25, -0.2) is 4.98 Å². The molecule has 1 amide bonds. The molecule has 0 aliphatic heterocycles. The molecule has 0 aliphatic rings. The zero-order valence-corrected chi connectivity index (χ0v) is 11.8. The molecule has 2 aromatic heterocycles. The zero-order chi connectivity index (χ0) is 14.7. The Hall–Kier alpha value is -2.60. The molecule has 1 aromatic carbocycles. The summed E-state index contributed by atoms with van der Waals surface area (Å²) in [6.45, 7) is 0.208. The van der Waals surface area contributed by atoms with Gasteiger partial charge in [-0.05, 0) is 23.6 Å². The van der Waals surface area contributed by atoms with E-state index in [1.807, 2.05) is 17.5 Å². The van der Waals surface area contributed by atoms with E-state index in [1.54, 1.807) is 41.9 Å². The summed E-state index contributed by atoms with van der Waals surface area (Å²) in [7, 11) is 0. The SMILES string of the molecule is NC(=O)c1ccccc1OCc1coc(-c2cccs2)n1. The van der Waals surface area contributed by atoms with Crippen LogP contribution in [0.2, 0.25) is 0 Å². The van der Waals surface area contributed by atoms with Crippen molar-refractivity contribution in [2.75, 3.05) is 0 Å². The first kappa shape index (κ1) is 13.4. The lowest BCUT2D eigenvalue weighted by molar-refractivity contribution is 0.0996. The number of nitrogens with two attached hydrogens (primary N) is 1. The number of oxazole rings is 1. The van der Waals surface area contributed by atoms with Gasteiger partial charge in [0.25, 0.3) is 5.91 Å². The Morgan fingerprint density at radius 2 is 2.14 bits per heavy atom. The minimum atomic E-state index is -0.523. The molecule has 0 spiro atoms. The van der Waals surface area contributed by atoms with Gasteiger partial charge in [0.05, 0.1) is 10.4 Å². The molecule has 0 unspecified atom stereocenters. The van der Waals surface area contributed by atoms with Crippen LogP contribution in [0.4, 0.5) is 0 Å². The number of hydrogen-bond acceptors (Lipinski definition) is 5. The van der Waals surface area contributed by atoms with Crippen molar-refractivity contribution in [3.63, 3.8) is 0 Å². The Bertz CT molecular complexity index is 750. The smallest absolute Gasteiger partial charge is 0.252 e. The summed E-state index contributed by atoms with van der Waals surface area (Å²) in [5.74, 6) is 0.475. The van der Waals surface area contributed by atoms with Crippen molar-refractivity contribution in [3.8, 4) is 16.5 Å². The van der Waals surface area contributed by atoms with E-state index in [0.717, 1.165) is 4.88 Å². The van der Waals surface area contributed by atoms with Crippen molar-refractivity contribution in [2.24, 2.45) is 5.73 Å². The van der Waals surface area contributed by atoms with Crippen LogP contribution in [0.1, 0.15) is 16.1 Å². The van der Waals surface area contributed by atoms with Gasteiger partial charge in [0, 0.05) is 0 Å². The van der Waals surface area contributed by atoms with E-state index >= 15 is 0 Å². The maximum absolute atomic E-state index is 11.3. The molecule has 0 atom stereocenters. The highest BCUT2D eigenvalue weighted by molar-refractivity contribution is 7.13. The average Bonchev–Trinajstić information content (AvgIpc) is 3.16. The number of amides is 1. The van der Waals surface area contributed by atoms with E-state index in [4.69, 9.17) is 14.9 Å². The van der Waals surface area contributed by atoms with Gasteiger partial charge in [-0.15, -0.1) is 11.3 Å². The summed E-state index contributed by atoms with van der Waals surface area (Å²) in [6, 6.07) is 10.7. The molecule has 0 fully saturated rings. The highest BCUT2D eigenvalue weighted by Crippen LogP contribution is 2.24. The Kier molecular flexibility index (Phi) is 3.70. The third-order valence-electron chi connectivity index (χ3n) is 2.81. The van der Waals surface area contributed by atoms with E-state index < -0.39 is 5.91 Å². The number of ether oxygens (including phenoxy) is 1. The second kappa shape index (κ2) is 5.80. The van der Waals surface area contributed by atoms with Crippen molar-refractivity contribution >= 4 is 17.2 Å². The Labute approximate surface area is 125 Å². The molecule has 0 bridgehead atoms. The molecule has 2 N–H and O–H groups in total. The van der Waals surface area contributed by atoms with Crippen molar-refractivity contribution < 1.29 is 13.9 Å². The van der Waals surface area contributed by atoms with E-state index in [-0.39, 0.29) is 6.61 Å². The lowest BCUT2D eigenvalue weighted by Crippen LogP contribution is -2.12. The van der Waals surface area contributed by atoms with E-state index in [2.05, 4.69) is 4.98 Å². The van der Waals surface area contributed by atoms with Crippen molar-refractivity contribution in [2.45, 2.75) is 6.61 Å². The molecule has 2 heterocycles. The normalized spacial score (nSPS) is 10.5. The summed E-state index contributed by atoms with van der Waals surface area (Å²) in [6.07, 6.45) is 1.54. The number of hydrogen-bond donors (Lipinski definition) is 1. The van der Waals surface area contributed by atoms with Crippen molar-refractivity contribution in [3.05, 3.63) is 59.3 Å². The predicted octanol–water partition coefficient (Wildman–Crippen LogP) is 3.08. The number of carbonyl (C=O) groups excluding carboxylic acids is 1. The number of nitrogens with zero attached hydrogens (tertiary/aromatic N) is 1. The van der Waals surface area contributed by atoms with Crippen LogP contribution in [0, 0.1) is 0 Å². The number of thiophene rings is 1. The molecular weight excluding hydrogens is 288 g/mol. The maximum atomic E-state index is 11.3. The van der Waals surface area contributed by atoms with Gasteiger partial charge in [0.2, 0.25) is 5.89 Å². The second-order valence-corrected chi connectivity index (χ2v) is 5.22. The fourth-order valence-corrected chi connectivity index (χ4v) is 2.49. The number of aromatic nitrogens is 1. The third-order valence-corrected chi connectivity index (χ3v) is 3.67. The minimum absolute atomic E-state index is 0.208. The quantitative estimate of drug-likeness (QED) is 0.785. The van der Waals surface area contributed by atoms with Crippen LogP contribution < -0.4 is 10.5 Å². The third kappa shape index (κ3) is 2.95. The first-order chi connectivity index (χ1) is 10.2. The Balaban J connectivity index is 1.73. The standard InChI is InChI=1S/C15H12N2O3S/c16-14(18)11-4-1-2-5-12(11)19-8-10-9-20-15(17-10)13-6-3-7-21-13/h1-7,9H,8H2,(H2,16,18). The lowest BCUT2D eigenvalue weighted by atomic mass is 10.2. The summed E-state index contributed by atoms with van der Waals surface area (Å²) in [5.41, 5.74) is 6.30. The highest BCUT2D eigenvalue weighted by atomic mass is 32.1. The molecule has 0 radical (unpaired) electrons. The van der Waals surface area contributed by atoms with Gasteiger partial charge in [-0.3, -0.25) is 4.79 Å². The molecule has 6 heteroatoms. The first-order valence-corrected chi connectivity index (χ1v) is 7.12. The monoisotopic (exact) mass is 300 g/mol. The fourth-order valence-electron chi connectivity index (χ4n) is 1.83. The van der Waals surface area contributed by atoms with Crippen LogP contribution in [0.15, 0.2) is 52.5 Å². The molecule has 0 aliphatic carbocycles. The summed E-state index contributed by atoms with van der Waals surface area (Å²) in [4.78, 5) is 16.6. The number of para-hydroxylation sites is 1. The highest BCUT2D eigenvalue weighted by Gasteiger charge is 2.11. The maximum Gasteiger partial charge on any atom is 0.252 e. The van der Waals surface area contributed by atoms with Crippen LogP contribution in [-0.4, -0.2) is 10.9 Å². The van der Waals surface area contributed by atoms with Crippen LogP contribution in [0.3, 0.4) is 0 Å². The molecular formula is C15H12N2O3S. The second-order valence-electron chi connectivity index (χ2n) is 4.27. The number of carbonyl (C=O) groups is 1. The van der Waals surface area contributed by atoms with Gasteiger partial charge < -0.3 is 14.9 Å². The van der Waals surface area contributed by atoms with Gasteiger partial charge in [0.15, 0.2) is 0 Å². The van der Waals surface area contributed by atoms with E-state index in [9.17, 15) is 4.79 Å². The van der Waals surface area contributed by atoms with Crippen LogP contribution in [0.5, 0.6) is 5.75 Å². The largest absolute Gasteiger partial charge is 0.486 e. The van der Waals surface area contributed by atoms with Gasteiger partial charge in [-0.2, -0.15) is 0 Å². The van der Waals surface area contributed by atoms with Crippen LogP contribution in [-0.2, 0) is 6.61 Å². The summed E-state index contributed by atoms with van der Waals surface area (Å²) < 4.78 is 11.0.